The minimum absolute atomic E-state index is 1.08. The second-order valence-corrected chi connectivity index (χ2v) is 4.72. The fraction of sp³-hybridized carbons (Fsp3) is 0.538. The van der Waals surface area contributed by atoms with E-state index in [0.717, 1.165) is 12.6 Å². The van der Waals surface area contributed by atoms with Gasteiger partial charge in [-0.25, -0.2) is 0 Å². The number of likely N-dealkylation sites (tertiary alicyclic amines) is 1. The van der Waals surface area contributed by atoms with Crippen molar-refractivity contribution in [2.45, 2.75) is 19.0 Å². The van der Waals surface area contributed by atoms with Crippen molar-refractivity contribution in [1.29, 1.82) is 0 Å². The van der Waals surface area contributed by atoms with Crippen LogP contribution >= 0.6 is 0 Å². The third-order valence-corrected chi connectivity index (χ3v) is 3.34. The number of rotatable bonds is 2. The Hall–Kier alpha value is -0.860. The van der Waals surface area contributed by atoms with Crippen molar-refractivity contribution < 1.29 is 0 Å². The Morgan fingerprint density at radius 2 is 1.67 bits per heavy atom. The van der Waals surface area contributed by atoms with Gasteiger partial charge in [-0.1, -0.05) is 30.3 Å². The topological polar surface area (TPSA) is 6.25 Å². The molecule has 0 atom stereocenters. The van der Waals surface area contributed by atoms with Crippen molar-refractivity contribution >= 4 is 0 Å². The van der Waals surface area contributed by atoms with E-state index in [1.54, 1.807) is 0 Å². The predicted octanol–water partition coefficient (Wildman–Crippen LogP) is 1.58. The second kappa shape index (κ2) is 3.95. The van der Waals surface area contributed by atoms with Crippen LogP contribution in [0.25, 0.3) is 0 Å². The molecule has 3 aliphatic heterocycles. The van der Waals surface area contributed by atoms with Crippen LogP contribution < -0.4 is 0 Å². The summed E-state index contributed by atoms with van der Waals surface area (Å²) in [5, 5.41) is 0. The minimum atomic E-state index is 1.08. The first kappa shape index (κ1) is 9.37. The highest BCUT2D eigenvalue weighted by molar-refractivity contribution is 5.14. The Balaban J connectivity index is 0.000000147. The van der Waals surface area contributed by atoms with Crippen molar-refractivity contribution in [3.8, 4) is 0 Å². The Bertz CT molecular complexity index is 307. The van der Waals surface area contributed by atoms with Crippen LogP contribution in [0, 0.1) is 0 Å². The third kappa shape index (κ3) is 2.58. The van der Waals surface area contributed by atoms with Gasteiger partial charge in [0.2, 0.25) is 0 Å². The molecule has 0 aromatic heterocycles. The van der Waals surface area contributed by atoms with Gasteiger partial charge in [-0.2, -0.15) is 0 Å². The SMILES string of the molecule is C1C2CN12.c1ccc(CN2CCC2)cc1. The fourth-order valence-corrected chi connectivity index (χ4v) is 1.78. The van der Waals surface area contributed by atoms with Gasteiger partial charge in [0.05, 0.1) is 0 Å². The van der Waals surface area contributed by atoms with Gasteiger partial charge in [-0.05, 0) is 25.1 Å². The molecule has 2 nitrogen and oxygen atoms in total. The number of hydrogen-bond donors (Lipinski definition) is 0. The van der Waals surface area contributed by atoms with Crippen LogP contribution in [-0.2, 0) is 6.54 Å². The lowest BCUT2D eigenvalue weighted by molar-refractivity contribution is 0.172. The lowest BCUT2D eigenvalue weighted by Crippen LogP contribution is -2.36. The van der Waals surface area contributed by atoms with Gasteiger partial charge >= 0.3 is 0 Å². The molecule has 1 aromatic carbocycles. The number of fused-ring (bicyclic) bond motifs is 1. The molecule has 0 aliphatic carbocycles. The second-order valence-electron chi connectivity index (χ2n) is 4.72. The van der Waals surface area contributed by atoms with Crippen molar-refractivity contribution in [2.24, 2.45) is 0 Å². The number of benzene rings is 1. The Kier molecular flexibility index (Phi) is 2.47. The van der Waals surface area contributed by atoms with Gasteiger partial charge in [0.1, 0.15) is 0 Å². The van der Waals surface area contributed by atoms with Gasteiger partial charge in [-0.3, -0.25) is 9.80 Å². The van der Waals surface area contributed by atoms with Gasteiger partial charge in [-0.15, -0.1) is 0 Å². The molecule has 0 amide bonds. The van der Waals surface area contributed by atoms with E-state index in [1.165, 1.54) is 38.2 Å². The van der Waals surface area contributed by atoms with Crippen LogP contribution in [0.2, 0.25) is 0 Å². The van der Waals surface area contributed by atoms with E-state index in [-0.39, 0.29) is 0 Å². The highest BCUT2D eigenvalue weighted by Gasteiger charge is 2.49. The summed E-state index contributed by atoms with van der Waals surface area (Å²) in [4.78, 5) is 4.88. The molecule has 0 unspecified atom stereocenters. The van der Waals surface area contributed by atoms with Gasteiger partial charge in [0.25, 0.3) is 0 Å². The summed E-state index contributed by atoms with van der Waals surface area (Å²) in [6, 6.07) is 11.8. The zero-order chi connectivity index (χ0) is 10.1. The van der Waals surface area contributed by atoms with E-state index >= 15 is 0 Å². The molecule has 1 aromatic rings. The summed E-state index contributed by atoms with van der Waals surface area (Å²) in [6.07, 6.45) is 1.38. The predicted molar refractivity (Wildman–Crippen MR) is 61.7 cm³/mol. The monoisotopic (exact) mass is 202 g/mol. The van der Waals surface area contributed by atoms with E-state index in [0.29, 0.717) is 0 Å². The maximum absolute atomic E-state index is 2.47. The molecular formula is C13H18N2. The highest BCUT2D eigenvalue weighted by Crippen LogP contribution is 2.32. The zero-order valence-corrected chi connectivity index (χ0v) is 9.10. The molecule has 3 saturated heterocycles. The van der Waals surface area contributed by atoms with Crippen molar-refractivity contribution in [2.75, 3.05) is 26.2 Å². The Labute approximate surface area is 91.5 Å². The van der Waals surface area contributed by atoms with Gasteiger partial charge in [0.15, 0.2) is 0 Å². The van der Waals surface area contributed by atoms with Crippen LogP contribution in [-0.4, -0.2) is 42.0 Å². The minimum Gasteiger partial charge on any atom is -0.299 e. The molecule has 4 rings (SSSR count). The van der Waals surface area contributed by atoms with Crippen LogP contribution in [0.3, 0.4) is 0 Å². The molecule has 3 aliphatic rings. The molecule has 0 spiro atoms. The van der Waals surface area contributed by atoms with E-state index < -0.39 is 0 Å². The first-order valence-corrected chi connectivity index (χ1v) is 5.92. The van der Waals surface area contributed by atoms with Crippen molar-refractivity contribution in [1.82, 2.24) is 9.80 Å². The summed E-state index contributed by atoms with van der Waals surface area (Å²) >= 11 is 0. The number of nitrogens with zero attached hydrogens (tertiary/aromatic N) is 2. The summed E-state index contributed by atoms with van der Waals surface area (Å²) in [5.74, 6) is 0. The summed E-state index contributed by atoms with van der Waals surface area (Å²) in [5.41, 5.74) is 1.44. The average molecular weight is 202 g/mol. The molecule has 0 N–H and O–H groups in total. The Morgan fingerprint density at radius 1 is 1.07 bits per heavy atom. The van der Waals surface area contributed by atoms with E-state index in [4.69, 9.17) is 0 Å². The lowest BCUT2D eigenvalue weighted by Gasteiger charge is -2.30. The molecule has 2 heteroatoms. The summed E-state index contributed by atoms with van der Waals surface area (Å²) in [7, 11) is 0. The molecule has 15 heavy (non-hydrogen) atoms. The molecule has 0 bridgehead atoms. The third-order valence-electron chi connectivity index (χ3n) is 3.34. The zero-order valence-electron chi connectivity index (χ0n) is 9.10. The number of hydrogen-bond acceptors (Lipinski definition) is 2. The maximum Gasteiger partial charge on any atom is 0.0352 e. The summed E-state index contributed by atoms with van der Waals surface area (Å²) in [6.45, 7) is 6.55. The maximum atomic E-state index is 2.47. The first-order valence-electron chi connectivity index (χ1n) is 5.92. The normalized spacial score (nSPS) is 30.7. The smallest absolute Gasteiger partial charge is 0.0352 e. The van der Waals surface area contributed by atoms with Crippen LogP contribution in [0.4, 0.5) is 0 Å². The van der Waals surface area contributed by atoms with Crippen molar-refractivity contribution in [3.05, 3.63) is 35.9 Å². The molecule has 0 radical (unpaired) electrons. The van der Waals surface area contributed by atoms with Gasteiger partial charge < -0.3 is 0 Å². The van der Waals surface area contributed by atoms with Crippen LogP contribution in [0.1, 0.15) is 12.0 Å². The quantitative estimate of drug-likeness (QED) is 0.672. The van der Waals surface area contributed by atoms with Crippen LogP contribution in [0.15, 0.2) is 30.3 Å². The molecule has 0 saturated carbocycles. The first-order chi connectivity index (χ1) is 7.42. The van der Waals surface area contributed by atoms with Gasteiger partial charge in [0, 0.05) is 25.7 Å². The highest BCUT2D eigenvalue weighted by atomic mass is 15.5. The Morgan fingerprint density at radius 3 is 2.07 bits per heavy atom. The van der Waals surface area contributed by atoms with Crippen LogP contribution in [0.5, 0.6) is 0 Å². The van der Waals surface area contributed by atoms with E-state index in [1.807, 2.05) is 0 Å². The van der Waals surface area contributed by atoms with Crippen molar-refractivity contribution in [3.63, 3.8) is 0 Å². The van der Waals surface area contributed by atoms with E-state index in [2.05, 4.69) is 40.1 Å². The fourth-order valence-electron chi connectivity index (χ4n) is 1.78. The lowest BCUT2D eigenvalue weighted by atomic mass is 10.1. The van der Waals surface area contributed by atoms with E-state index in [9.17, 15) is 0 Å². The summed E-state index contributed by atoms with van der Waals surface area (Å²) < 4.78 is 0. The molecular weight excluding hydrogens is 184 g/mol. The molecule has 3 heterocycles. The molecule has 80 valence electrons. The molecule has 3 fully saturated rings. The standard InChI is InChI=1S/C10H13N.C3H5N/c1-2-5-10(6-3-1)9-11-7-4-8-11;1-3-2-4(1)3/h1-3,5-6H,4,7-9H2;3H,1-2H2. The largest absolute Gasteiger partial charge is 0.299 e. The average Bonchev–Trinajstić information content (AvgIpc) is 3.02.